The van der Waals surface area contributed by atoms with Crippen LogP contribution in [0.15, 0.2) is 72.8 Å². The number of fused-ring (bicyclic) bond motifs is 1. The van der Waals surface area contributed by atoms with E-state index in [2.05, 4.69) is 79.0 Å². The molecule has 3 aromatic carbocycles. The van der Waals surface area contributed by atoms with Crippen LogP contribution in [0.1, 0.15) is 55.7 Å². The minimum atomic E-state index is -0.766. The molecular weight excluding hydrogens is 448 g/mol. The van der Waals surface area contributed by atoms with Crippen LogP contribution in [-0.4, -0.2) is 41.5 Å². The fraction of sp³-hybridized carbons (Fsp3) is 0.419. The number of likely N-dealkylation sites (tertiary alicyclic amines) is 1. The molecule has 0 radical (unpaired) electrons. The first kappa shape index (κ1) is 24.5. The summed E-state index contributed by atoms with van der Waals surface area (Å²) < 4.78 is 0. The van der Waals surface area contributed by atoms with Crippen LogP contribution in [0.5, 0.6) is 0 Å². The molecule has 5 nitrogen and oxygen atoms in total. The zero-order valence-electron chi connectivity index (χ0n) is 21.0. The third-order valence-electron chi connectivity index (χ3n) is 8.40. The molecule has 0 bridgehead atoms. The summed E-state index contributed by atoms with van der Waals surface area (Å²) in [6.45, 7) is 4.56. The quantitative estimate of drug-likeness (QED) is 0.456. The molecule has 188 valence electrons. The van der Waals surface area contributed by atoms with E-state index in [4.69, 9.17) is 0 Å². The summed E-state index contributed by atoms with van der Waals surface area (Å²) >= 11 is 0. The molecule has 1 aliphatic carbocycles. The van der Waals surface area contributed by atoms with E-state index in [9.17, 15) is 14.7 Å². The molecule has 2 fully saturated rings. The molecule has 1 saturated heterocycles. The van der Waals surface area contributed by atoms with E-state index < -0.39 is 5.97 Å². The Morgan fingerprint density at radius 3 is 2.44 bits per heavy atom. The molecule has 3 aromatic rings. The van der Waals surface area contributed by atoms with Crippen LogP contribution in [0, 0.1) is 17.8 Å². The summed E-state index contributed by atoms with van der Waals surface area (Å²) in [5.74, 6) is -0.463. The standard InChI is InChI=1S/C31H36N2O3/c1-21(27-13-7-11-22-10-5-6-12-28(22)27)32-19-26-16-17-33(20-29(26)23-8-3-2-4-9-23)30(34)24-14-15-25(18-24)31(35)36/h2-13,21,24-26,29,32H,14-20H2,1H3,(H,35,36)/t21-,24+,25-,26?,29?/m1/s1. The van der Waals surface area contributed by atoms with Gasteiger partial charge in [-0.05, 0) is 67.0 Å². The van der Waals surface area contributed by atoms with Crippen molar-refractivity contribution in [2.45, 2.75) is 44.6 Å². The molecule has 36 heavy (non-hydrogen) atoms. The van der Waals surface area contributed by atoms with Gasteiger partial charge in [0.15, 0.2) is 0 Å². The van der Waals surface area contributed by atoms with Gasteiger partial charge in [0.25, 0.3) is 0 Å². The molecule has 1 amide bonds. The van der Waals surface area contributed by atoms with Gasteiger partial charge in [0, 0.05) is 31.0 Å². The first-order valence-corrected chi connectivity index (χ1v) is 13.3. The number of amides is 1. The van der Waals surface area contributed by atoms with Crippen molar-refractivity contribution in [1.29, 1.82) is 0 Å². The SMILES string of the molecule is C[C@@H](NCC1CCN(C(=O)[C@H]2CC[C@@H](C(=O)O)C2)CC1c1ccccc1)c1cccc2ccccc12. The lowest BCUT2D eigenvalue weighted by Gasteiger charge is -2.40. The Labute approximate surface area is 213 Å². The van der Waals surface area contributed by atoms with Crippen molar-refractivity contribution in [3.63, 3.8) is 0 Å². The van der Waals surface area contributed by atoms with Crippen LogP contribution in [0.2, 0.25) is 0 Å². The highest BCUT2D eigenvalue weighted by Gasteiger charge is 2.39. The number of carbonyl (C=O) groups is 2. The molecule has 1 heterocycles. The Morgan fingerprint density at radius 1 is 0.944 bits per heavy atom. The summed E-state index contributed by atoms with van der Waals surface area (Å²) in [6, 6.07) is 25.8. The molecule has 2 N–H and O–H groups in total. The number of hydrogen-bond donors (Lipinski definition) is 2. The van der Waals surface area contributed by atoms with Crippen molar-refractivity contribution in [3.8, 4) is 0 Å². The monoisotopic (exact) mass is 484 g/mol. The van der Waals surface area contributed by atoms with Gasteiger partial charge in [0.1, 0.15) is 0 Å². The maximum atomic E-state index is 13.3. The topological polar surface area (TPSA) is 69.6 Å². The second-order valence-corrected chi connectivity index (χ2v) is 10.6. The Balaban J connectivity index is 1.28. The van der Waals surface area contributed by atoms with Crippen molar-refractivity contribution in [1.82, 2.24) is 10.2 Å². The summed E-state index contributed by atoms with van der Waals surface area (Å²) in [6.07, 6.45) is 2.72. The zero-order valence-corrected chi connectivity index (χ0v) is 21.0. The van der Waals surface area contributed by atoms with Crippen molar-refractivity contribution in [2.24, 2.45) is 17.8 Å². The largest absolute Gasteiger partial charge is 0.481 e. The van der Waals surface area contributed by atoms with Crippen LogP contribution in [0.3, 0.4) is 0 Å². The molecule has 1 saturated carbocycles. The molecule has 5 heteroatoms. The summed E-state index contributed by atoms with van der Waals surface area (Å²) in [5, 5.41) is 15.7. The number of nitrogens with one attached hydrogen (secondary N) is 1. The number of nitrogens with zero attached hydrogens (tertiary/aromatic N) is 1. The van der Waals surface area contributed by atoms with Gasteiger partial charge in [-0.25, -0.2) is 0 Å². The third-order valence-corrected chi connectivity index (χ3v) is 8.40. The average molecular weight is 485 g/mol. The minimum Gasteiger partial charge on any atom is -0.481 e. The number of piperidine rings is 1. The second kappa shape index (κ2) is 10.8. The molecule has 2 aliphatic rings. The van der Waals surface area contributed by atoms with Crippen molar-refractivity contribution < 1.29 is 14.7 Å². The molecule has 1 aliphatic heterocycles. The highest BCUT2D eigenvalue weighted by Crippen LogP contribution is 2.37. The Bertz CT molecular complexity index is 1210. The molecular formula is C31H36N2O3. The van der Waals surface area contributed by atoms with E-state index in [-0.39, 0.29) is 29.7 Å². The van der Waals surface area contributed by atoms with Crippen LogP contribution in [0.4, 0.5) is 0 Å². The van der Waals surface area contributed by atoms with E-state index in [0.29, 0.717) is 31.7 Å². The Morgan fingerprint density at radius 2 is 1.67 bits per heavy atom. The highest BCUT2D eigenvalue weighted by atomic mass is 16.4. The van der Waals surface area contributed by atoms with E-state index >= 15 is 0 Å². The fourth-order valence-corrected chi connectivity index (χ4v) is 6.28. The summed E-state index contributed by atoms with van der Waals surface area (Å²) in [7, 11) is 0. The van der Waals surface area contributed by atoms with Crippen LogP contribution in [0.25, 0.3) is 10.8 Å². The van der Waals surface area contributed by atoms with Gasteiger partial charge in [-0.3, -0.25) is 9.59 Å². The first-order valence-electron chi connectivity index (χ1n) is 13.3. The predicted octanol–water partition coefficient (Wildman–Crippen LogP) is 5.62. The van der Waals surface area contributed by atoms with E-state index in [1.54, 1.807) is 0 Å². The lowest BCUT2D eigenvalue weighted by Crippen LogP contribution is -2.47. The van der Waals surface area contributed by atoms with E-state index in [0.717, 1.165) is 19.5 Å². The van der Waals surface area contributed by atoms with E-state index in [1.165, 1.54) is 21.9 Å². The summed E-state index contributed by atoms with van der Waals surface area (Å²) in [5.41, 5.74) is 2.58. The number of carboxylic acids is 1. The normalized spacial score (nSPS) is 25.1. The van der Waals surface area contributed by atoms with Gasteiger partial charge in [0.2, 0.25) is 5.91 Å². The minimum absolute atomic E-state index is 0.148. The van der Waals surface area contributed by atoms with Crippen LogP contribution in [-0.2, 0) is 9.59 Å². The van der Waals surface area contributed by atoms with Gasteiger partial charge in [-0.1, -0.05) is 72.8 Å². The van der Waals surface area contributed by atoms with Crippen LogP contribution < -0.4 is 5.32 Å². The smallest absolute Gasteiger partial charge is 0.306 e. The fourth-order valence-electron chi connectivity index (χ4n) is 6.28. The maximum Gasteiger partial charge on any atom is 0.306 e. The Kier molecular flexibility index (Phi) is 7.38. The zero-order chi connectivity index (χ0) is 25.1. The van der Waals surface area contributed by atoms with Gasteiger partial charge < -0.3 is 15.3 Å². The number of carboxylic acid groups (broad SMARTS) is 1. The van der Waals surface area contributed by atoms with Crippen LogP contribution >= 0.6 is 0 Å². The molecule has 5 rings (SSSR count). The number of rotatable bonds is 7. The van der Waals surface area contributed by atoms with E-state index in [1.807, 2.05) is 11.0 Å². The van der Waals surface area contributed by atoms with Gasteiger partial charge >= 0.3 is 5.97 Å². The molecule has 0 aromatic heterocycles. The highest BCUT2D eigenvalue weighted by molar-refractivity contribution is 5.86. The second-order valence-electron chi connectivity index (χ2n) is 10.6. The molecule has 5 atom stereocenters. The first-order chi connectivity index (χ1) is 17.5. The van der Waals surface area contributed by atoms with Gasteiger partial charge in [-0.15, -0.1) is 0 Å². The number of hydrogen-bond acceptors (Lipinski definition) is 3. The van der Waals surface area contributed by atoms with Crippen molar-refractivity contribution in [2.75, 3.05) is 19.6 Å². The van der Waals surface area contributed by atoms with Gasteiger partial charge in [-0.2, -0.15) is 0 Å². The van der Waals surface area contributed by atoms with Gasteiger partial charge in [0.05, 0.1) is 5.92 Å². The lowest BCUT2D eigenvalue weighted by atomic mass is 9.80. The Hall–Kier alpha value is -3.18. The number of carbonyl (C=O) groups excluding carboxylic acids is 1. The lowest BCUT2D eigenvalue weighted by molar-refractivity contribution is -0.142. The molecule has 0 spiro atoms. The average Bonchev–Trinajstić information content (AvgIpc) is 3.42. The van der Waals surface area contributed by atoms with Crippen molar-refractivity contribution in [3.05, 3.63) is 83.9 Å². The third kappa shape index (κ3) is 5.17. The maximum absolute atomic E-state index is 13.3. The predicted molar refractivity (Wildman–Crippen MR) is 143 cm³/mol. The number of benzene rings is 3. The molecule has 2 unspecified atom stereocenters. The summed E-state index contributed by atoms with van der Waals surface area (Å²) in [4.78, 5) is 26.8. The van der Waals surface area contributed by atoms with Crippen molar-refractivity contribution >= 4 is 22.6 Å². The number of aliphatic carboxylic acids is 1.